The van der Waals surface area contributed by atoms with Crippen molar-refractivity contribution < 1.29 is 13.9 Å². The van der Waals surface area contributed by atoms with Crippen LogP contribution in [0.5, 0.6) is 5.75 Å². The SMILES string of the molecule is COc1ccc(C(=O)N(CCCl)C2CCCC2)cc1F. The van der Waals surface area contributed by atoms with Gasteiger partial charge in [-0.25, -0.2) is 4.39 Å². The zero-order chi connectivity index (χ0) is 14.5. The summed E-state index contributed by atoms with van der Waals surface area (Å²) in [6.07, 6.45) is 4.27. The molecule has 0 bridgehead atoms. The summed E-state index contributed by atoms with van der Waals surface area (Å²) < 4.78 is 18.6. The maximum Gasteiger partial charge on any atom is 0.254 e. The average Bonchev–Trinajstić information content (AvgIpc) is 2.97. The summed E-state index contributed by atoms with van der Waals surface area (Å²) >= 11 is 5.80. The average molecular weight is 300 g/mol. The van der Waals surface area contributed by atoms with Crippen LogP contribution in [0.2, 0.25) is 0 Å². The molecular formula is C15H19ClFNO2. The molecule has 1 aromatic carbocycles. The van der Waals surface area contributed by atoms with Crippen LogP contribution in [0.25, 0.3) is 0 Å². The molecule has 0 aliphatic heterocycles. The van der Waals surface area contributed by atoms with Gasteiger partial charge in [-0.1, -0.05) is 12.8 Å². The van der Waals surface area contributed by atoms with E-state index in [9.17, 15) is 9.18 Å². The Balaban J connectivity index is 2.20. The minimum absolute atomic E-state index is 0.145. The molecular weight excluding hydrogens is 281 g/mol. The lowest BCUT2D eigenvalue weighted by Crippen LogP contribution is -2.40. The van der Waals surface area contributed by atoms with Gasteiger partial charge in [-0.2, -0.15) is 0 Å². The first-order valence-electron chi connectivity index (χ1n) is 6.88. The first-order valence-corrected chi connectivity index (χ1v) is 7.41. The molecule has 2 rings (SSSR count). The van der Waals surface area contributed by atoms with Crippen LogP contribution < -0.4 is 4.74 Å². The number of alkyl halides is 1. The number of halogens is 2. The topological polar surface area (TPSA) is 29.5 Å². The normalized spacial score (nSPS) is 15.3. The number of hydrogen-bond acceptors (Lipinski definition) is 2. The second-order valence-electron chi connectivity index (χ2n) is 4.98. The number of carbonyl (C=O) groups is 1. The molecule has 1 aliphatic carbocycles. The van der Waals surface area contributed by atoms with Crippen LogP contribution in [0, 0.1) is 5.82 Å². The number of hydrogen-bond donors (Lipinski definition) is 0. The molecule has 20 heavy (non-hydrogen) atoms. The molecule has 1 saturated carbocycles. The molecule has 0 atom stereocenters. The van der Waals surface area contributed by atoms with Gasteiger partial charge < -0.3 is 9.64 Å². The molecule has 0 unspecified atom stereocenters. The summed E-state index contributed by atoms with van der Waals surface area (Å²) in [5, 5.41) is 0. The number of methoxy groups -OCH3 is 1. The lowest BCUT2D eigenvalue weighted by Gasteiger charge is -2.28. The highest BCUT2D eigenvalue weighted by atomic mass is 35.5. The minimum Gasteiger partial charge on any atom is -0.494 e. The first kappa shape index (κ1) is 15.1. The van der Waals surface area contributed by atoms with Crippen LogP contribution in [0.3, 0.4) is 0 Å². The van der Waals surface area contributed by atoms with Gasteiger partial charge in [-0.15, -0.1) is 11.6 Å². The van der Waals surface area contributed by atoms with Crippen molar-refractivity contribution in [3.63, 3.8) is 0 Å². The second-order valence-corrected chi connectivity index (χ2v) is 5.35. The summed E-state index contributed by atoms with van der Waals surface area (Å²) in [7, 11) is 1.40. The van der Waals surface area contributed by atoms with Crippen LogP contribution in [-0.2, 0) is 0 Å². The van der Waals surface area contributed by atoms with Crippen LogP contribution in [0.15, 0.2) is 18.2 Å². The third kappa shape index (κ3) is 3.23. The van der Waals surface area contributed by atoms with E-state index in [0.29, 0.717) is 18.0 Å². The molecule has 3 nitrogen and oxygen atoms in total. The number of rotatable bonds is 5. The van der Waals surface area contributed by atoms with Crippen molar-refractivity contribution in [1.29, 1.82) is 0 Å². The molecule has 5 heteroatoms. The zero-order valence-electron chi connectivity index (χ0n) is 11.6. The molecule has 0 N–H and O–H groups in total. The highest BCUT2D eigenvalue weighted by Gasteiger charge is 2.27. The predicted molar refractivity (Wildman–Crippen MR) is 77.0 cm³/mol. The Morgan fingerprint density at radius 1 is 1.45 bits per heavy atom. The monoisotopic (exact) mass is 299 g/mol. The van der Waals surface area contributed by atoms with Gasteiger partial charge in [-0.3, -0.25) is 4.79 Å². The minimum atomic E-state index is -0.518. The Morgan fingerprint density at radius 2 is 2.15 bits per heavy atom. The van der Waals surface area contributed by atoms with E-state index in [4.69, 9.17) is 16.3 Å². The zero-order valence-corrected chi connectivity index (χ0v) is 12.3. The van der Waals surface area contributed by atoms with Crippen molar-refractivity contribution in [3.8, 4) is 5.75 Å². The van der Waals surface area contributed by atoms with E-state index in [1.54, 1.807) is 11.0 Å². The maximum atomic E-state index is 13.7. The van der Waals surface area contributed by atoms with Crippen molar-refractivity contribution in [3.05, 3.63) is 29.6 Å². The van der Waals surface area contributed by atoms with Crippen LogP contribution >= 0.6 is 11.6 Å². The number of carbonyl (C=O) groups excluding carboxylic acids is 1. The highest BCUT2D eigenvalue weighted by molar-refractivity contribution is 6.18. The van der Waals surface area contributed by atoms with Crippen molar-refractivity contribution in [1.82, 2.24) is 4.90 Å². The quantitative estimate of drug-likeness (QED) is 0.779. The smallest absolute Gasteiger partial charge is 0.254 e. The third-order valence-electron chi connectivity index (χ3n) is 3.75. The summed E-state index contributed by atoms with van der Waals surface area (Å²) in [6.45, 7) is 0.499. The van der Waals surface area contributed by atoms with Gasteiger partial charge in [0.25, 0.3) is 5.91 Å². The van der Waals surface area contributed by atoms with E-state index >= 15 is 0 Å². The van der Waals surface area contributed by atoms with Gasteiger partial charge in [0.15, 0.2) is 11.6 Å². The Kier molecular flexibility index (Phi) is 5.24. The van der Waals surface area contributed by atoms with E-state index in [1.807, 2.05) is 0 Å². The fourth-order valence-electron chi connectivity index (χ4n) is 2.72. The molecule has 0 heterocycles. The van der Waals surface area contributed by atoms with Crippen molar-refractivity contribution in [2.75, 3.05) is 19.5 Å². The fourth-order valence-corrected chi connectivity index (χ4v) is 2.90. The van der Waals surface area contributed by atoms with Crippen molar-refractivity contribution in [2.24, 2.45) is 0 Å². The van der Waals surface area contributed by atoms with Gasteiger partial charge in [0.05, 0.1) is 7.11 Å². The molecule has 110 valence electrons. The summed E-state index contributed by atoms with van der Waals surface area (Å²) in [4.78, 5) is 14.3. The first-order chi connectivity index (χ1) is 9.67. The lowest BCUT2D eigenvalue weighted by molar-refractivity contribution is 0.0694. The van der Waals surface area contributed by atoms with Crippen LogP contribution in [0.1, 0.15) is 36.0 Å². The third-order valence-corrected chi connectivity index (χ3v) is 3.92. The Labute approximate surface area is 123 Å². The van der Waals surface area contributed by atoms with Gasteiger partial charge in [0.1, 0.15) is 0 Å². The van der Waals surface area contributed by atoms with Gasteiger partial charge in [-0.05, 0) is 31.0 Å². The Morgan fingerprint density at radius 3 is 2.70 bits per heavy atom. The second kappa shape index (κ2) is 6.93. The summed E-state index contributed by atoms with van der Waals surface area (Å²) in [5.41, 5.74) is 0.348. The number of nitrogens with zero attached hydrogens (tertiary/aromatic N) is 1. The Bertz CT molecular complexity index is 475. The van der Waals surface area contributed by atoms with Gasteiger partial charge in [0.2, 0.25) is 0 Å². The molecule has 0 spiro atoms. The van der Waals surface area contributed by atoms with E-state index in [1.165, 1.54) is 19.2 Å². The molecule has 1 aliphatic rings. The molecule has 0 saturated heterocycles. The van der Waals surface area contributed by atoms with E-state index in [-0.39, 0.29) is 17.7 Å². The summed E-state index contributed by atoms with van der Waals surface area (Å²) in [5.74, 6) is -0.137. The molecule has 1 fully saturated rings. The Hall–Kier alpha value is -1.29. The number of benzene rings is 1. The number of amides is 1. The predicted octanol–water partition coefficient (Wildman–Crippen LogP) is 3.46. The van der Waals surface area contributed by atoms with E-state index in [2.05, 4.69) is 0 Å². The maximum absolute atomic E-state index is 13.7. The van der Waals surface area contributed by atoms with Crippen molar-refractivity contribution in [2.45, 2.75) is 31.7 Å². The fraction of sp³-hybridized carbons (Fsp3) is 0.533. The molecule has 1 aromatic rings. The summed E-state index contributed by atoms with van der Waals surface area (Å²) in [6, 6.07) is 4.54. The van der Waals surface area contributed by atoms with Gasteiger partial charge in [0, 0.05) is 24.0 Å². The standard InChI is InChI=1S/C15H19ClFNO2/c1-20-14-7-6-11(10-13(14)17)15(19)18(9-8-16)12-4-2-3-5-12/h6-7,10,12H,2-5,8-9H2,1H3. The number of ether oxygens (including phenoxy) is 1. The van der Waals surface area contributed by atoms with Crippen molar-refractivity contribution >= 4 is 17.5 Å². The van der Waals surface area contributed by atoms with E-state index in [0.717, 1.165) is 25.7 Å². The molecule has 0 radical (unpaired) electrons. The van der Waals surface area contributed by atoms with E-state index < -0.39 is 5.82 Å². The molecule has 0 aromatic heterocycles. The van der Waals surface area contributed by atoms with Crippen LogP contribution in [0.4, 0.5) is 4.39 Å². The largest absolute Gasteiger partial charge is 0.494 e. The van der Waals surface area contributed by atoms with Crippen LogP contribution in [-0.4, -0.2) is 36.4 Å². The van der Waals surface area contributed by atoms with Gasteiger partial charge >= 0.3 is 0 Å². The lowest BCUT2D eigenvalue weighted by atomic mass is 10.1. The molecule has 1 amide bonds. The highest BCUT2D eigenvalue weighted by Crippen LogP contribution is 2.26.